The molecule has 2 rings (SSSR count). The Bertz CT molecular complexity index is 695. The van der Waals surface area contributed by atoms with E-state index in [0.717, 1.165) is 6.20 Å². The van der Waals surface area contributed by atoms with Gasteiger partial charge in [-0.25, -0.2) is 23.5 Å². The van der Waals surface area contributed by atoms with E-state index in [9.17, 15) is 13.6 Å². The summed E-state index contributed by atoms with van der Waals surface area (Å²) in [5.74, 6) is -1.28. The minimum absolute atomic E-state index is 0.0659. The van der Waals surface area contributed by atoms with Gasteiger partial charge in [-0.3, -0.25) is 0 Å². The van der Waals surface area contributed by atoms with Gasteiger partial charge in [-0.2, -0.15) is 0 Å². The summed E-state index contributed by atoms with van der Waals surface area (Å²) < 4.78 is 30.9. The topological polar surface area (TPSA) is 72.3 Å². The van der Waals surface area contributed by atoms with E-state index in [0.29, 0.717) is 16.3 Å². The Morgan fingerprint density at radius 2 is 2.14 bits per heavy atom. The van der Waals surface area contributed by atoms with Gasteiger partial charge in [-0.1, -0.05) is 11.6 Å². The number of alkyl halides is 2. The van der Waals surface area contributed by atoms with Crippen LogP contribution in [0.1, 0.15) is 22.5 Å². The van der Waals surface area contributed by atoms with E-state index in [1.54, 1.807) is 0 Å². The minimum atomic E-state index is -3.03. The predicted octanol–water partition coefficient (Wildman–Crippen LogP) is 3.44. The van der Waals surface area contributed by atoms with Crippen LogP contribution in [-0.2, 0) is 0 Å². The van der Waals surface area contributed by atoms with Crippen molar-refractivity contribution in [1.29, 1.82) is 0 Å². The van der Waals surface area contributed by atoms with Crippen LogP contribution in [0.25, 0.3) is 11.4 Å². The Kier molecular flexibility index (Phi) is 4.32. The van der Waals surface area contributed by atoms with Gasteiger partial charge in [0, 0.05) is 11.2 Å². The fourth-order valence-corrected chi connectivity index (χ4v) is 1.87. The molecule has 0 radical (unpaired) electrons. The van der Waals surface area contributed by atoms with E-state index in [4.69, 9.17) is 21.4 Å². The summed E-state index contributed by atoms with van der Waals surface area (Å²) >= 11 is 5.81. The van der Waals surface area contributed by atoms with Gasteiger partial charge in [0.25, 0.3) is 6.43 Å². The first-order valence-electron chi connectivity index (χ1n) is 5.66. The Morgan fingerprint density at radius 1 is 1.43 bits per heavy atom. The van der Waals surface area contributed by atoms with Crippen LogP contribution in [0.15, 0.2) is 24.4 Å². The quantitative estimate of drug-likeness (QED) is 0.936. The molecule has 0 bridgehead atoms. The number of ether oxygens (including phenoxy) is 1. The molecular formula is C13H9ClF2N2O3. The lowest BCUT2D eigenvalue weighted by Crippen LogP contribution is -2.08. The van der Waals surface area contributed by atoms with Crippen molar-refractivity contribution in [2.75, 3.05) is 7.11 Å². The average molecular weight is 315 g/mol. The molecule has 1 heterocycles. The maximum absolute atomic E-state index is 12.9. The molecule has 0 saturated carbocycles. The highest BCUT2D eigenvalue weighted by Gasteiger charge is 2.22. The molecule has 5 nitrogen and oxygen atoms in total. The Morgan fingerprint density at radius 3 is 2.71 bits per heavy atom. The molecule has 1 aromatic carbocycles. The third-order valence-corrected chi connectivity index (χ3v) is 2.89. The lowest BCUT2D eigenvalue weighted by molar-refractivity contribution is 0.0681. The zero-order valence-electron chi connectivity index (χ0n) is 10.7. The van der Waals surface area contributed by atoms with Gasteiger partial charge in [0.1, 0.15) is 17.0 Å². The number of rotatable bonds is 4. The van der Waals surface area contributed by atoms with Crippen LogP contribution >= 0.6 is 11.6 Å². The van der Waals surface area contributed by atoms with E-state index in [1.165, 1.54) is 25.3 Å². The normalized spacial score (nSPS) is 10.7. The van der Waals surface area contributed by atoms with E-state index < -0.39 is 23.7 Å². The van der Waals surface area contributed by atoms with E-state index in [2.05, 4.69) is 9.97 Å². The summed E-state index contributed by atoms with van der Waals surface area (Å²) in [4.78, 5) is 18.3. The Hall–Kier alpha value is -2.28. The zero-order valence-corrected chi connectivity index (χ0v) is 11.4. The van der Waals surface area contributed by atoms with Crippen molar-refractivity contribution in [2.24, 2.45) is 0 Å². The third kappa shape index (κ3) is 3.08. The summed E-state index contributed by atoms with van der Waals surface area (Å²) in [6.07, 6.45) is -2.18. The standard InChI is InChI=1S/C13H9ClF2N2O3/c1-21-9-4-6(14)2-3-7(9)12-17-5-8(13(19)20)10(18-12)11(15)16/h2-5,11H,1H3,(H,19,20). The lowest BCUT2D eigenvalue weighted by atomic mass is 10.1. The number of carbonyl (C=O) groups is 1. The smallest absolute Gasteiger partial charge is 0.339 e. The third-order valence-electron chi connectivity index (χ3n) is 2.66. The molecule has 0 unspecified atom stereocenters. The largest absolute Gasteiger partial charge is 0.496 e. The summed E-state index contributed by atoms with van der Waals surface area (Å²) in [5.41, 5.74) is -1.15. The SMILES string of the molecule is COc1cc(Cl)ccc1-c1ncc(C(=O)O)c(C(F)F)n1. The number of hydrogen-bond donors (Lipinski definition) is 1. The Balaban J connectivity index is 2.60. The molecule has 1 aromatic heterocycles. The van der Waals surface area contributed by atoms with Crippen molar-refractivity contribution >= 4 is 17.6 Å². The number of carboxylic acid groups (broad SMARTS) is 1. The highest BCUT2D eigenvalue weighted by Crippen LogP contribution is 2.31. The fourth-order valence-electron chi connectivity index (χ4n) is 1.71. The molecule has 0 atom stereocenters. The molecule has 0 spiro atoms. The van der Waals surface area contributed by atoms with Gasteiger partial charge >= 0.3 is 5.97 Å². The zero-order chi connectivity index (χ0) is 15.6. The van der Waals surface area contributed by atoms with Crippen molar-refractivity contribution < 1.29 is 23.4 Å². The van der Waals surface area contributed by atoms with Gasteiger partial charge < -0.3 is 9.84 Å². The second-order valence-electron chi connectivity index (χ2n) is 3.94. The van der Waals surface area contributed by atoms with Crippen molar-refractivity contribution in [3.8, 4) is 17.1 Å². The van der Waals surface area contributed by atoms with Crippen molar-refractivity contribution in [3.05, 3.63) is 40.7 Å². The van der Waals surface area contributed by atoms with Crippen LogP contribution in [0.5, 0.6) is 5.75 Å². The van der Waals surface area contributed by atoms with Crippen LogP contribution in [0, 0.1) is 0 Å². The fraction of sp³-hybridized carbons (Fsp3) is 0.154. The number of hydrogen-bond acceptors (Lipinski definition) is 4. The number of benzene rings is 1. The lowest BCUT2D eigenvalue weighted by Gasteiger charge is -2.10. The first kappa shape index (κ1) is 15.1. The molecule has 2 aromatic rings. The number of nitrogens with zero attached hydrogens (tertiary/aromatic N) is 2. The van der Waals surface area contributed by atoms with Crippen LogP contribution in [0.2, 0.25) is 5.02 Å². The van der Waals surface area contributed by atoms with Crippen molar-refractivity contribution in [2.45, 2.75) is 6.43 Å². The van der Waals surface area contributed by atoms with Crippen molar-refractivity contribution in [1.82, 2.24) is 9.97 Å². The highest BCUT2D eigenvalue weighted by atomic mass is 35.5. The molecule has 21 heavy (non-hydrogen) atoms. The number of aromatic carboxylic acids is 1. The summed E-state index contributed by atoms with van der Waals surface area (Å²) in [6.45, 7) is 0. The predicted molar refractivity (Wildman–Crippen MR) is 70.9 cm³/mol. The van der Waals surface area contributed by atoms with Crippen LogP contribution in [-0.4, -0.2) is 28.2 Å². The van der Waals surface area contributed by atoms with Crippen LogP contribution < -0.4 is 4.74 Å². The maximum Gasteiger partial charge on any atom is 0.339 e. The molecule has 0 aliphatic carbocycles. The molecule has 0 saturated heterocycles. The molecule has 0 aliphatic rings. The van der Waals surface area contributed by atoms with Crippen molar-refractivity contribution in [3.63, 3.8) is 0 Å². The summed E-state index contributed by atoms with van der Waals surface area (Å²) in [7, 11) is 1.38. The molecule has 0 amide bonds. The molecule has 0 aliphatic heterocycles. The first-order valence-corrected chi connectivity index (χ1v) is 6.04. The van der Waals surface area contributed by atoms with Gasteiger partial charge in [0.15, 0.2) is 5.82 Å². The minimum Gasteiger partial charge on any atom is -0.496 e. The Labute approximate surface area is 123 Å². The second kappa shape index (κ2) is 6.01. The second-order valence-corrected chi connectivity index (χ2v) is 4.38. The van der Waals surface area contributed by atoms with E-state index >= 15 is 0 Å². The molecule has 110 valence electrons. The molecular weight excluding hydrogens is 306 g/mol. The molecule has 1 N–H and O–H groups in total. The number of carboxylic acids is 1. The monoisotopic (exact) mass is 314 g/mol. The molecule has 8 heteroatoms. The van der Waals surface area contributed by atoms with Crippen LogP contribution in [0.3, 0.4) is 0 Å². The average Bonchev–Trinajstić information content (AvgIpc) is 2.46. The van der Waals surface area contributed by atoms with Crippen LogP contribution in [0.4, 0.5) is 8.78 Å². The summed E-state index contributed by atoms with van der Waals surface area (Å²) in [5, 5.41) is 9.25. The van der Waals surface area contributed by atoms with Gasteiger partial charge in [-0.05, 0) is 18.2 Å². The van der Waals surface area contributed by atoms with Gasteiger partial charge in [-0.15, -0.1) is 0 Å². The highest BCUT2D eigenvalue weighted by molar-refractivity contribution is 6.30. The van der Waals surface area contributed by atoms with E-state index in [1.807, 2.05) is 0 Å². The first-order chi connectivity index (χ1) is 9.93. The maximum atomic E-state index is 12.9. The molecule has 0 fully saturated rings. The van der Waals surface area contributed by atoms with Gasteiger partial charge in [0.05, 0.1) is 12.7 Å². The van der Waals surface area contributed by atoms with Gasteiger partial charge in [0.2, 0.25) is 0 Å². The van der Waals surface area contributed by atoms with E-state index in [-0.39, 0.29) is 5.82 Å². The number of methoxy groups -OCH3 is 1. The summed E-state index contributed by atoms with van der Waals surface area (Å²) in [6, 6.07) is 4.51. The number of aromatic nitrogens is 2. The number of halogens is 3.